The maximum absolute atomic E-state index is 5.70. The fraction of sp³-hybridized carbons (Fsp3) is 0.143. The average molecular weight is 219 g/mol. The highest BCUT2D eigenvalue weighted by atomic mass is 79.9. The first-order valence-corrected chi connectivity index (χ1v) is 4.27. The van der Waals surface area contributed by atoms with Gasteiger partial charge >= 0.3 is 0 Å². The Labute approximate surface area is 73.6 Å². The van der Waals surface area contributed by atoms with E-state index in [1.807, 2.05) is 12.5 Å². The second-order valence-electron chi connectivity index (χ2n) is 1.89. The molecule has 0 amide bonds. The minimum Gasteiger partial charge on any atom is -0.336 e. The molecule has 0 aromatic heterocycles. The third kappa shape index (κ3) is 1.64. The summed E-state index contributed by atoms with van der Waals surface area (Å²) in [4.78, 5) is 4.05. The fourth-order valence-corrected chi connectivity index (χ4v) is 1.06. The van der Waals surface area contributed by atoms with Crippen molar-refractivity contribution in [2.45, 2.75) is 0 Å². The Morgan fingerprint density at radius 1 is 1.80 bits per heavy atom. The Balaban J connectivity index is 2.79. The standard InChI is InChI=1S/C7H6BrClN/c1-5-2-3-6(4-8)10-7(5)9/h2-3H,1,4H2/q-1. The van der Waals surface area contributed by atoms with E-state index in [0.717, 1.165) is 16.6 Å². The van der Waals surface area contributed by atoms with Gasteiger partial charge < -0.3 is 4.99 Å². The van der Waals surface area contributed by atoms with Gasteiger partial charge in [-0.2, -0.15) is 6.58 Å². The lowest BCUT2D eigenvalue weighted by Crippen LogP contribution is -2.00. The second kappa shape index (κ2) is 3.26. The van der Waals surface area contributed by atoms with Crippen LogP contribution in [0.4, 0.5) is 0 Å². The van der Waals surface area contributed by atoms with Crippen LogP contribution in [0.3, 0.4) is 0 Å². The SMILES string of the molecule is C=C1[CH-]C=C(CBr)N=C1Cl. The first-order valence-electron chi connectivity index (χ1n) is 2.77. The molecule has 0 aliphatic carbocycles. The van der Waals surface area contributed by atoms with Crippen molar-refractivity contribution < 1.29 is 0 Å². The number of hydrogen-bond acceptors (Lipinski definition) is 1. The monoisotopic (exact) mass is 218 g/mol. The Hall–Kier alpha value is -0.210. The van der Waals surface area contributed by atoms with Crippen LogP contribution in [-0.2, 0) is 0 Å². The van der Waals surface area contributed by atoms with E-state index in [-0.39, 0.29) is 0 Å². The van der Waals surface area contributed by atoms with Crippen LogP contribution < -0.4 is 0 Å². The maximum atomic E-state index is 5.70. The highest BCUT2D eigenvalue weighted by molar-refractivity contribution is 9.09. The zero-order chi connectivity index (χ0) is 7.56. The molecule has 1 aliphatic heterocycles. The van der Waals surface area contributed by atoms with E-state index >= 15 is 0 Å². The molecule has 0 fully saturated rings. The van der Waals surface area contributed by atoms with E-state index in [2.05, 4.69) is 27.5 Å². The van der Waals surface area contributed by atoms with E-state index in [0.29, 0.717) is 5.17 Å². The number of allylic oxidation sites excluding steroid dienone is 3. The second-order valence-corrected chi connectivity index (χ2v) is 2.80. The van der Waals surface area contributed by atoms with E-state index in [1.54, 1.807) is 0 Å². The smallest absolute Gasteiger partial charge is 0.0414 e. The minimum atomic E-state index is 0.483. The molecular formula is C7H6BrClN-. The summed E-state index contributed by atoms with van der Waals surface area (Å²) in [6.07, 6.45) is 3.74. The molecule has 0 N–H and O–H groups in total. The number of hydrogen-bond donors (Lipinski definition) is 0. The van der Waals surface area contributed by atoms with Crippen molar-refractivity contribution in [3.05, 3.63) is 30.3 Å². The first kappa shape index (κ1) is 7.89. The Bertz CT molecular complexity index is 218. The van der Waals surface area contributed by atoms with E-state index in [4.69, 9.17) is 11.6 Å². The number of nitrogens with zero attached hydrogens (tertiary/aromatic N) is 1. The zero-order valence-corrected chi connectivity index (χ0v) is 7.61. The predicted molar refractivity (Wildman–Crippen MR) is 48.6 cm³/mol. The van der Waals surface area contributed by atoms with E-state index < -0.39 is 0 Å². The maximum Gasteiger partial charge on any atom is 0.0414 e. The van der Waals surface area contributed by atoms with Crippen LogP contribution in [0.1, 0.15) is 0 Å². The molecule has 0 saturated heterocycles. The molecule has 0 spiro atoms. The van der Waals surface area contributed by atoms with Gasteiger partial charge in [0.2, 0.25) is 0 Å². The van der Waals surface area contributed by atoms with Crippen molar-refractivity contribution in [3.8, 4) is 0 Å². The summed E-state index contributed by atoms with van der Waals surface area (Å²) in [5.41, 5.74) is 1.70. The third-order valence-corrected chi connectivity index (χ3v) is 2.02. The predicted octanol–water partition coefficient (Wildman–Crippen LogP) is 2.68. The molecule has 10 heavy (non-hydrogen) atoms. The van der Waals surface area contributed by atoms with Crippen molar-refractivity contribution >= 4 is 32.7 Å². The Morgan fingerprint density at radius 3 is 3.00 bits per heavy atom. The molecule has 0 saturated carbocycles. The molecule has 1 rings (SSSR count). The van der Waals surface area contributed by atoms with Crippen LogP contribution in [0.15, 0.2) is 28.9 Å². The Morgan fingerprint density at radius 2 is 2.50 bits per heavy atom. The topological polar surface area (TPSA) is 12.4 Å². The van der Waals surface area contributed by atoms with Crippen molar-refractivity contribution in [1.82, 2.24) is 0 Å². The van der Waals surface area contributed by atoms with Crippen LogP contribution in [0, 0.1) is 6.42 Å². The lowest BCUT2D eigenvalue weighted by atomic mass is 10.2. The lowest BCUT2D eigenvalue weighted by Gasteiger charge is -2.16. The molecule has 54 valence electrons. The highest BCUT2D eigenvalue weighted by Gasteiger charge is 1.97. The van der Waals surface area contributed by atoms with E-state index in [9.17, 15) is 0 Å². The van der Waals surface area contributed by atoms with Gasteiger partial charge in [0, 0.05) is 10.5 Å². The molecule has 0 aromatic carbocycles. The fourth-order valence-electron chi connectivity index (χ4n) is 0.575. The largest absolute Gasteiger partial charge is 0.336 e. The summed E-state index contributed by atoms with van der Waals surface area (Å²) in [6.45, 7) is 3.69. The third-order valence-electron chi connectivity index (χ3n) is 1.12. The van der Waals surface area contributed by atoms with Crippen molar-refractivity contribution in [3.63, 3.8) is 0 Å². The van der Waals surface area contributed by atoms with Crippen molar-refractivity contribution in [2.24, 2.45) is 4.99 Å². The van der Waals surface area contributed by atoms with Gasteiger partial charge in [0.25, 0.3) is 0 Å². The van der Waals surface area contributed by atoms with Crippen LogP contribution in [0.5, 0.6) is 0 Å². The molecule has 1 nitrogen and oxygen atoms in total. The summed E-state index contributed by atoms with van der Waals surface area (Å²) < 4.78 is 0. The number of halogens is 2. The Kier molecular flexibility index (Phi) is 2.57. The quantitative estimate of drug-likeness (QED) is 0.475. The summed E-state index contributed by atoms with van der Waals surface area (Å²) in [7, 11) is 0. The molecule has 0 atom stereocenters. The van der Waals surface area contributed by atoms with Crippen LogP contribution in [0.2, 0.25) is 0 Å². The van der Waals surface area contributed by atoms with Gasteiger partial charge in [-0.05, 0) is 5.70 Å². The van der Waals surface area contributed by atoms with Crippen LogP contribution >= 0.6 is 27.5 Å². The molecule has 0 aromatic rings. The molecule has 1 aliphatic rings. The van der Waals surface area contributed by atoms with Gasteiger partial charge in [-0.15, -0.1) is 29.7 Å². The minimum absolute atomic E-state index is 0.483. The molecule has 0 bridgehead atoms. The number of alkyl halides is 1. The molecular weight excluding hydrogens is 213 g/mol. The number of rotatable bonds is 1. The van der Waals surface area contributed by atoms with E-state index in [1.165, 1.54) is 0 Å². The summed E-state index contributed by atoms with van der Waals surface area (Å²) in [5, 5.41) is 1.21. The van der Waals surface area contributed by atoms with Crippen LogP contribution in [-0.4, -0.2) is 10.5 Å². The zero-order valence-electron chi connectivity index (χ0n) is 5.27. The molecule has 0 radical (unpaired) electrons. The van der Waals surface area contributed by atoms with Gasteiger partial charge in [0.15, 0.2) is 0 Å². The van der Waals surface area contributed by atoms with Gasteiger partial charge in [0.05, 0.1) is 0 Å². The summed E-state index contributed by atoms with van der Waals surface area (Å²) >= 11 is 8.97. The first-order chi connectivity index (χ1) is 4.74. The molecule has 1 heterocycles. The van der Waals surface area contributed by atoms with Crippen molar-refractivity contribution in [2.75, 3.05) is 5.33 Å². The average Bonchev–Trinajstić information content (AvgIpc) is 1.95. The summed E-state index contributed by atoms with van der Waals surface area (Å²) in [5.74, 6) is 0. The van der Waals surface area contributed by atoms with Gasteiger partial charge in [-0.3, -0.25) is 0 Å². The van der Waals surface area contributed by atoms with Gasteiger partial charge in [0.1, 0.15) is 0 Å². The lowest BCUT2D eigenvalue weighted by molar-refractivity contribution is 1.29. The molecule has 0 unspecified atom stereocenters. The number of aliphatic imine (C=N–C) groups is 1. The van der Waals surface area contributed by atoms with Crippen molar-refractivity contribution in [1.29, 1.82) is 0 Å². The molecule has 3 heteroatoms. The van der Waals surface area contributed by atoms with Crippen LogP contribution in [0.25, 0.3) is 0 Å². The summed E-state index contributed by atoms with van der Waals surface area (Å²) in [6, 6.07) is 0. The highest BCUT2D eigenvalue weighted by Crippen LogP contribution is 2.17. The normalized spacial score (nSPS) is 17.6. The van der Waals surface area contributed by atoms with Gasteiger partial charge in [-0.25, -0.2) is 0 Å². The van der Waals surface area contributed by atoms with Gasteiger partial charge in [-0.1, -0.05) is 15.9 Å².